The molecule has 0 radical (unpaired) electrons. The van der Waals surface area contributed by atoms with E-state index in [-0.39, 0.29) is 22.7 Å². The molecule has 2 atom stereocenters. The maximum absolute atomic E-state index is 12.5. The molecule has 1 aliphatic rings. The molecule has 18 heavy (non-hydrogen) atoms. The predicted octanol–water partition coefficient (Wildman–Crippen LogP) is 3.92. The van der Waals surface area contributed by atoms with Crippen molar-refractivity contribution < 1.29 is 13.2 Å². The van der Waals surface area contributed by atoms with Crippen LogP contribution in [0.25, 0.3) is 0 Å². The fraction of sp³-hybridized carbons (Fsp3) is 0.583. The summed E-state index contributed by atoms with van der Waals surface area (Å²) in [5.41, 5.74) is -0.836. The highest BCUT2D eigenvalue weighted by Crippen LogP contribution is 2.45. The molecular weight excluding hydrogens is 265 g/mol. The number of hydrogen-bond donors (Lipinski definition) is 1. The number of anilines is 1. The highest BCUT2D eigenvalue weighted by molar-refractivity contribution is 6.21. The normalized spacial score (nSPS) is 26.6. The molecule has 2 rings (SSSR count). The first-order valence-electron chi connectivity index (χ1n) is 5.65. The van der Waals surface area contributed by atoms with Crippen LogP contribution in [0.5, 0.6) is 0 Å². The number of rotatable bonds is 2. The third-order valence-electron chi connectivity index (χ3n) is 3.56. The van der Waals surface area contributed by atoms with Gasteiger partial charge in [-0.15, -0.1) is 11.6 Å². The van der Waals surface area contributed by atoms with Gasteiger partial charge in [-0.2, -0.15) is 13.2 Å². The molecule has 1 aromatic heterocycles. The summed E-state index contributed by atoms with van der Waals surface area (Å²) in [7, 11) is 0. The van der Waals surface area contributed by atoms with E-state index in [0.29, 0.717) is 0 Å². The average Bonchev–Trinajstić information content (AvgIpc) is 2.28. The minimum absolute atomic E-state index is 0.0424. The van der Waals surface area contributed by atoms with Crippen molar-refractivity contribution >= 4 is 17.4 Å². The topological polar surface area (TPSA) is 24.9 Å². The Labute approximate surface area is 109 Å². The Morgan fingerprint density at radius 3 is 2.61 bits per heavy atom. The zero-order valence-corrected chi connectivity index (χ0v) is 10.8. The third-order valence-corrected chi connectivity index (χ3v) is 4.30. The summed E-state index contributed by atoms with van der Waals surface area (Å²) in [5, 5.41) is 3.06. The molecular formula is C12H14ClF3N2. The maximum atomic E-state index is 12.5. The molecule has 0 aliphatic heterocycles. The minimum Gasteiger partial charge on any atom is -0.367 e. The van der Waals surface area contributed by atoms with Crippen LogP contribution < -0.4 is 5.32 Å². The van der Waals surface area contributed by atoms with Gasteiger partial charge in [0.2, 0.25) is 0 Å². The highest BCUT2D eigenvalue weighted by Gasteiger charge is 2.47. The summed E-state index contributed by atoms with van der Waals surface area (Å²) in [6, 6.07) is 2.04. The van der Waals surface area contributed by atoms with Crippen LogP contribution in [0.2, 0.25) is 0 Å². The van der Waals surface area contributed by atoms with Gasteiger partial charge < -0.3 is 5.32 Å². The highest BCUT2D eigenvalue weighted by atomic mass is 35.5. The van der Waals surface area contributed by atoms with Crippen LogP contribution in [0.15, 0.2) is 18.3 Å². The van der Waals surface area contributed by atoms with Gasteiger partial charge in [-0.25, -0.2) is 4.98 Å². The number of halogens is 4. The summed E-state index contributed by atoms with van der Waals surface area (Å²) >= 11 is 6.07. The van der Waals surface area contributed by atoms with Crippen molar-refractivity contribution in [2.24, 2.45) is 5.41 Å². The van der Waals surface area contributed by atoms with Gasteiger partial charge in [0.1, 0.15) is 5.82 Å². The molecule has 1 N–H and O–H groups in total. The van der Waals surface area contributed by atoms with Gasteiger partial charge in [0.25, 0.3) is 0 Å². The fourth-order valence-corrected chi connectivity index (χ4v) is 2.31. The first kappa shape index (κ1) is 13.5. The van der Waals surface area contributed by atoms with Crippen molar-refractivity contribution in [2.45, 2.75) is 37.9 Å². The molecule has 6 heteroatoms. The Morgan fingerprint density at radius 2 is 2.11 bits per heavy atom. The molecule has 1 saturated carbocycles. The summed E-state index contributed by atoms with van der Waals surface area (Å²) in [5.74, 6) is 0.242. The van der Waals surface area contributed by atoms with Gasteiger partial charge in [-0.3, -0.25) is 0 Å². The molecule has 1 aliphatic carbocycles. The second-order valence-corrected chi connectivity index (χ2v) is 5.68. The van der Waals surface area contributed by atoms with E-state index < -0.39 is 11.7 Å². The second kappa shape index (κ2) is 4.30. The number of aromatic nitrogens is 1. The molecule has 2 nitrogen and oxygen atoms in total. The number of nitrogens with one attached hydrogen (secondary N) is 1. The van der Waals surface area contributed by atoms with E-state index in [1.165, 1.54) is 0 Å². The van der Waals surface area contributed by atoms with Crippen LogP contribution >= 0.6 is 11.6 Å². The Kier molecular flexibility index (Phi) is 3.21. The van der Waals surface area contributed by atoms with Crippen LogP contribution in [-0.2, 0) is 6.18 Å². The van der Waals surface area contributed by atoms with Gasteiger partial charge in [0, 0.05) is 23.0 Å². The summed E-state index contributed by atoms with van der Waals surface area (Å²) in [6.45, 7) is 3.97. The largest absolute Gasteiger partial charge is 0.416 e. The van der Waals surface area contributed by atoms with Crippen LogP contribution in [0, 0.1) is 5.41 Å². The zero-order valence-electron chi connectivity index (χ0n) is 10.1. The lowest BCUT2D eigenvalue weighted by atomic mass is 9.67. The van der Waals surface area contributed by atoms with E-state index in [0.717, 1.165) is 24.8 Å². The predicted molar refractivity (Wildman–Crippen MR) is 64.7 cm³/mol. The van der Waals surface area contributed by atoms with Gasteiger partial charge in [0.15, 0.2) is 0 Å². The SMILES string of the molecule is CC1(C)C(Cl)CC1Nc1cc(C(F)(F)F)ccn1. The molecule has 1 heterocycles. The van der Waals surface area contributed by atoms with Crippen LogP contribution in [0.1, 0.15) is 25.8 Å². The Hall–Kier alpha value is -0.970. The summed E-state index contributed by atoms with van der Waals surface area (Å²) in [4.78, 5) is 3.91. The second-order valence-electron chi connectivity index (χ2n) is 5.15. The lowest BCUT2D eigenvalue weighted by Crippen LogP contribution is -2.54. The van der Waals surface area contributed by atoms with Gasteiger partial charge in [-0.1, -0.05) is 13.8 Å². The van der Waals surface area contributed by atoms with E-state index in [2.05, 4.69) is 10.3 Å². The molecule has 0 spiro atoms. The lowest BCUT2D eigenvalue weighted by molar-refractivity contribution is -0.137. The smallest absolute Gasteiger partial charge is 0.367 e. The van der Waals surface area contributed by atoms with Crippen LogP contribution in [0.4, 0.5) is 19.0 Å². The lowest BCUT2D eigenvalue weighted by Gasteiger charge is -2.49. The minimum atomic E-state index is -4.34. The summed E-state index contributed by atoms with van der Waals surface area (Å²) < 4.78 is 37.6. The quantitative estimate of drug-likeness (QED) is 0.830. The molecule has 1 fully saturated rings. The van der Waals surface area contributed by atoms with Gasteiger partial charge in [0.05, 0.1) is 5.56 Å². The average molecular weight is 279 g/mol. The van der Waals surface area contributed by atoms with E-state index >= 15 is 0 Å². The van der Waals surface area contributed by atoms with Crippen molar-refractivity contribution in [3.05, 3.63) is 23.9 Å². The van der Waals surface area contributed by atoms with Crippen molar-refractivity contribution in [1.82, 2.24) is 4.98 Å². The van der Waals surface area contributed by atoms with E-state index in [9.17, 15) is 13.2 Å². The molecule has 2 unspecified atom stereocenters. The van der Waals surface area contributed by atoms with Crippen LogP contribution in [0.3, 0.4) is 0 Å². The Balaban J connectivity index is 2.12. The molecule has 0 bridgehead atoms. The van der Waals surface area contributed by atoms with E-state index in [4.69, 9.17) is 11.6 Å². The molecule has 0 aromatic carbocycles. The number of alkyl halides is 4. The number of nitrogens with zero attached hydrogens (tertiary/aromatic N) is 1. The van der Waals surface area contributed by atoms with Crippen molar-refractivity contribution in [3.8, 4) is 0 Å². The Morgan fingerprint density at radius 1 is 1.44 bits per heavy atom. The molecule has 1 aromatic rings. The van der Waals surface area contributed by atoms with Crippen LogP contribution in [-0.4, -0.2) is 16.4 Å². The standard InChI is InChI=1S/C12H14ClF3N2/c1-11(2)8(13)6-9(11)18-10-5-7(3-4-17-10)12(14,15)16/h3-5,8-9H,6H2,1-2H3,(H,17,18). The first-order chi connectivity index (χ1) is 8.21. The van der Waals surface area contributed by atoms with Crippen molar-refractivity contribution in [1.29, 1.82) is 0 Å². The van der Waals surface area contributed by atoms with Gasteiger partial charge >= 0.3 is 6.18 Å². The Bertz CT molecular complexity index is 445. The van der Waals surface area contributed by atoms with Crippen molar-refractivity contribution in [2.75, 3.05) is 5.32 Å². The van der Waals surface area contributed by atoms with Crippen molar-refractivity contribution in [3.63, 3.8) is 0 Å². The maximum Gasteiger partial charge on any atom is 0.416 e. The zero-order chi connectivity index (χ0) is 13.6. The molecule has 100 valence electrons. The van der Waals surface area contributed by atoms with Gasteiger partial charge in [-0.05, 0) is 18.6 Å². The third kappa shape index (κ3) is 2.41. The first-order valence-corrected chi connectivity index (χ1v) is 6.09. The molecule has 0 saturated heterocycles. The number of hydrogen-bond acceptors (Lipinski definition) is 2. The van der Waals surface area contributed by atoms with E-state index in [1.54, 1.807) is 0 Å². The summed E-state index contributed by atoms with van der Waals surface area (Å²) in [6.07, 6.45) is -2.45. The fourth-order valence-electron chi connectivity index (χ4n) is 1.98. The van der Waals surface area contributed by atoms with E-state index in [1.807, 2.05) is 13.8 Å². The number of pyridine rings is 1. The molecule has 0 amide bonds. The monoisotopic (exact) mass is 278 g/mol.